The van der Waals surface area contributed by atoms with Gasteiger partial charge in [-0.15, -0.1) is 0 Å². The highest BCUT2D eigenvalue weighted by Gasteiger charge is 2.09. The van der Waals surface area contributed by atoms with Crippen LogP contribution < -0.4 is 10.6 Å². The van der Waals surface area contributed by atoms with E-state index in [1.165, 1.54) is 7.11 Å². The molecule has 1 rings (SSSR count). The summed E-state index contributed by atoms with van der Waals surface area (Å²) in [6.45, 7) is 5.37. The minimum atomic E-state index is -0.570. The van der Waals surface area contributed by atoms with E-state index >= 15 is 0 Å². The number of hydrogen-bond donors (Lipinski definition) is 2. The van der Waals surface area contributed by atoms with Crippen LogP contribution in [-0.4, -0.2) is 25.4 Å². The average molecular weight is 266 g/mol. The molecule has 0 unspecified atom stereocenters. The largest absolute Gasteiger partial charge is 0.453 e. The molecule has 0 radical (unpaired) electrons. The predicted molar refractivity (Wildman–Crippen MR) is 72.4 cm³/mol. The Hall–Kier alpha value is -2.24. The van der Waals surface area contributed by atoms with Gasteiger partial charge in [-0.3, -0.25) is 10.6 Å². The van der Waals surface area contributed by atoms with E-state index in [4.69, 9.17) is 4.74 Å². The summed E-state index contributed by atoms with van der Waals surface area (Å²) in [5.41, 5.74) is 1.95. The second-order valence-electron chi connectivity index (χ2n) is 4.23. The van der Waals surface area contributed by atoms with Gasteiger partial charge in [0.1, 0.15) is 0 Å². The molecule has 0 saturated heterocycles. The second kappa shape index (κ2) is 6.63. The molecule has 104 valence electrons. The highest BCUT2D eigenvalue weighted by atomic mass is 16.6. The molecule has 0 spiro atoms. The number of methoxy groups -OCH3 is 1. The molecule has 6 heteroatoms. The van der Waals surface area contributed by atoms with Gasteiger partial charge in [0, 0.05) is 11.4 Å². The summed E-state index contributed by atoms with van der Waals surface area (Å²) in [5.74, 6) is 0. The zero-order valence-corrected chi connectivity index (χ0v) is 11.4. The highest BCUT2D eigenvalue weighted by molar-refractivity contribution is 5.89. The number of benzene rings is 1. The number of ether oxygens (including phenoxy) is 2. The highest BCUT2D eigenvalue weighted by Crippen LogP contribution is 2.20. The molecule has 0 bridgehead atoms. The van der Waals surface area contributed by atoms with Crippen LogP contribution in [0.15, 0.2) is 18.2 Å². The van der Waals surface area contributed by atoms with Crippen LogP contribution in [0.25, 0.3) is 0 Å². The molecular formula is C13H18N2O4. The summed E-state index contributed by atoms with van der Waals surface area (Å²) >= 11 is 0. The number of hydrogen-bond acceptors (Lipinski definition) is 4. The minimum absolute atomic E-state index is 0.198. The van der Waals surface area contributed by atoms with Crippen molar-refractivity contribution >= 4 is 23.6 Å². The molecule has 0 saturated carbocycles. The van der Waals surface area contributed by atoms with Crippen molar-refractivity contribution in [2.45, 2.75) is 26.9 Å². The standard InChI is InChI=1S/C13H18N2O4/c1-8(2)19-13(17)15-11-7-10(6-5-9(11)3)14-12(16)18-4/h5-8H,1-4H3,(H,14,16)(H,15,17). The van der Waals surface area contributed by atoms with Crippen LogP contribution >= 0.6 is 0 Å². The fourth-order valence-electron chi connectivity index (χ4n) is 1.36. The SMILES string of the molecule is COC(=O)Nc1ccc(C)c(NC(=O)OC(C)C)c1. The van der Waals surface area contributed by atoms with Gasteiger partial charge in [0.05, 0.1) is 13.2 Å². The molecule has 0 aliphatic carbocycles. The summed E-state index contributed by atoms with van der Waals surface area (Å²) in [6.07, 6.45) is -1.30. The molecule has 0 atom stereocenters. The lowest BCUT2D eigenvalue weighted by atomic mass is 10.2. The van der Waals surface area contributed by atoms with Crippen LogP contribution in [0.4, 0.5) is 21.0 Å². The Bertz CT molecular complexity index is 472. The first-order valence-electron chi connectivity index (χ1n) is 5.85. The first-order valence-corrected chi connectivity index (χ1v) is 5.85. The van der Waals surface area contributed by atoms with Crippen molar-refractivity contribution in [1.29, 1.82) is 0 Å². The smallest absolute Gasteiger partial charge is 0.411 e. The van der Waals surface area contributed by atoms with Gasteiger partial charge in [0.25, 0.3) is 0 Å². The van der Waals surface area contributed by atoms with Gasteiger partial charge in [0.2, 0.25) is 0 Å². The molecule has 0 heterocycles. The van der Waals surface area contributed by atoms with Crippen molar-refractivity contribution in [3.63, 3.8) is 0 Å². The Balaban J connectivity index is 2.79. The topological polar surface area (TPSA) is 76.7 Å². The zero-order valence-electron chi connectivity index (χ0n) is 11.4. The molecular weight excluding hydrogens is 248 g/mol. The first-order chi connectivity index (χ1) is 8.92. The predicted octanol–water partition coefficient (Wildman–Crippen LogP) is 3.13. The van der Waals surface area contributed by atoms with Gasteiger partial charge >= 0.3 is 12.2 Å². The maximum Gasteiger partial charge on any atom is 0.411 e. The van der Waals surface area contributed by atoms with Crippen molar-refractivity contribution in [2.24, 2.45) is 0 Å². The lowest BCUT2D eigenvalue weighted by Gasteiger charge is -2.12. The Morgan fingerprint density at radius 3 is 2.42 bits per heavy atom. The second-order valence-corrected chi connectivity index (χ2v) is 4.23. The molecule has 0 aliphatic heterocycles. The molecule has 0 fully saturated rings. The van der Waals surface area contributed by atoms with Crippen molar-refractivity contribution in [1.82, 2.24) is 0 Å². The van der Waals surface area contributed by atoms with Crippen molar-refractivity contribution < 1.29 is 19.1 Å². The van der Waals surface area contributed by atoms with E-state index in [9.17, 15) is 9.59 Å². The van der Waals surface area contributed by atoms with Crippen LogP contribution in [-0.2, 0) is 9.47 Å². The Kier molecular flexibility index (Phi) is 5.17. The summed E-state index contributed by atoms with van der Waals surface area (Å²) in [6, 6.07) is 5.12. The molecule has 2 amide bonds. The van der Waals surface area contributed by atoms with Crippen molar-refractivity contribution in [2.75, 3.05) is 17.7 Å². The molecule has 2 N–H and O–H groups in total. The summed E-state index contributed by atoms with van der Waals surface area (Å²) in [7, 11) is 1.28. The van der Waals surface area contributed by atoms with E-state index in [2.05, 4.69) is 15.4 Å². The fraction of sp³-hybridized carbons (Fsp3) is 0.385. The molecule has 0 aromatic heterocycles. The Morgan fingerprint density at radius 2 is 1.84 bits per heavy atom. The van der Waals surface area contributed by atoms with Gasteiger partial charge in [-0.05, 0) is 38.5 Å². The van der Waals surface area contributed by atoms with Crippen molar-refractivity contribution in [3.8, 4) is 0 Å². The van der Waals surface area contributed by atoms with E-state index in [1.807, 2.05) is 6.92 Å². The van der Waals surface area contributed by atoms with Crippen molar-refractivity contribution in [3.05, 3.63) is 23.8 Å². The lowest BCUT2D eigenvalue weighted by molar-refractivity contribution is 0.130. The quantitative estimate of drug-likeness (QED) is 0.881. The summed E-state index contributed by atoms with van der Waals surface area (Å²) in [4.78, 5) is 22.6. The van der Waals surface area contributed by atoms with Crippen LogP contribution in [0.1, 0.15) is 19.4 Å². The third kappa shape index (κ3) is 4.87. The lowest BCUT2D eigenvalue weighted by Crippen LogP contribution is -2.19. The zero-order chi connectivity index (χ0) is 14.4. The average Bonchev–Trinajstić information content (AvgIpc) is 2.32. The van der Waals surface area contributed by atoms with Crippen LogP contribution in [0.2, 0.25) is 0 Å². The fourth-order valence-corrected chi connectivity index (χ4v) is 1.36. The van der Waals surface area contributed by atoms with Crippen LogP contribution in [0, 0.1) is 6.92 Å². The van der Waals surface area contributed by atoms with E-state index in [0.29, 0.717) is 11.4 Å². The third-order valence-electron chi connectivity index (χ3n) is 2.25. The number of amides is 2. The molecule has 19 heavy (non-hydrogen) atoms. The van der Waals surface area contributed by atoms with Gasteiger partial charge in [-0.25, -0.2) is 9.59 Å². The molecule has 1 aromatic carbocycles. The first kappa shape index (κ1) is 14.8. The van der Waals surface area contributed by atoms with E-state index in [-0.39, 0.29) is 6.10 Å². The van der Waals surface area contributed by atoms with E-state index < -0.39 is 12.2 Å². The summed E-state index contributed by atoms with van der Waals surface area (Å²) < 4.78 is 9.49. The van der Waals surface area contributed by atoms with Gasteiger partial charge in [0.15, 0.2) is 0 Å². The van der Waals surface area contributed by atoms with Crippen LogP contribution in [0.5, 0.6) is 0 Å². The van der Waals surface area contributed by atoms with Crippen LogP contribution in [0.3, 0.4) is 0 Å². The number of nitrogens with one attached hydrogen (secondary N) is 2. The summed E-state index contributed by atoms with van der Waals surface area (Å²) in [5, 5.41) is 5.14. The number of carbonyl (C=O) groups is 2. The normalized spacial score (nSPS) is 9.95. The molecule has 1 aromatic rings. The number of rotatable bonds is 3. The Morgan fingerprint density at radius 1 is 1.16 bits per heavy atom. The van der Waals surface area contributed by atoms with E-state index in [1.54, 1.807) is 32.0 Å². The minimum Gasteiger partial charge on any atom is -0.453 e. The third-order valence-corrected chi connectivity index (χ3v) is 2.25. The monoisotopic (exact) mass is 266 g/mol. The molecule has 6 nitrogen and oxygen atoms in total. The number of anilines is 2. The Labute approximate surface area is 112 Å². The number of carbonyl (C=O) groups excluding carboxylic acids is 2. The van der Waals surface area contributed by atoms with E-state index in [0.717, 1.165) is 5.56 Å². The molecule has 0 aliphatic rings. The maximum absolute atomic E-state index is 11.5. The maximum atomic E-state index is 11.5. The van der Waals surface area contributed by atoms with Gasteiger partial charge in [-0.1, -0.05) is 6.07 Å². The van der Waals surface area contributed by atoms with Gasteiger partial charge < -0.3 is 9.47 Å². The number of aryl methyl sites for hydroxylation is 1. The van der Waals surface area contributed by atoms with Gasteiger partial charge in [-0.2, -0.15) is 0 Å².